The predicted molar refractivity (Wildman–Crippen MR) is 67.0 cm³/mol. The zero-order valence-electron chi connectivity index (χ0n) is 10.4. The van der Waals surface area contributed by atoms with Gasteiger partial charge in [0, 0.05) is 37.0 Å². The molecule has 2 aromatic heterocycles. The minimum Gasteiger partial charge on any atom is -0.339 e. The summed E-state index contributed by atoms with van der Waals surface area (Å²) in [6, 6.07) is 2.66. The van der Waals surface area contributed by atoms with E-state index in [2.05, 4.69) is 20.4 Å². The molecule has 0 atom stereocenters. The summed E-state index contributed by atoms with van der Waals surface area (Å²) in [5.41, 5.74) is 2.04. The van der Waals surface area contributed by atoms with Crippen molar-refractivity contribution in [1.29, 1.82) is 0 Å². The second kappa shape index (κ2) is 4.86. The third kappa shape index (κ3) is 2.56. The Kier molecular flexibility index (Phi) is 3.06. The third-order valence-corrected chi connectivity index (χ3v) is 3.10. The van der Waals surface area contributed by atoms with Gasteiger partial charge in [0.25, 0.3) is 0 Å². The van der Waals surface area contributed by atoms with Gasteiger partial charge in [0.15, 0.2) is 0 Å². The van der Waals surface area contributed by atoms with E-state index in [-0.39, 0.29) is 0 Å². The zero-order valence-corrected chi connectivity index (χ0v) is 10.4. The second-order valence-corrected chi connectivity index (χ2v) is 4.68. The fourth-order valence-electron chi connectivity index (χ4n) is 1.83. The maximum absolute atomic E-state index is 5.25. The number of hydrogen-bond donors (Lipinski definition) is 1. The molecule has 3 rings (SSSR count). The van der Waals surface area contributed by atoms with Gasteiger partial charge in [-0.2, -0.15) is 4.98 Å². The van der Waals surface area contributed by atoms with Gasteiger partial charge in [-0.3, -0.25) is 4.98 Å². The lowest BCUT2D eigenvalue weighted by Crippen LogP contribution is -2.19. The van der Waals surface area contributed by atoms with Crippen molar-refractivity contribution in [3.63, 3.8) is 0 Å². The third-order valence-electron chi connectivity index (χ3n) is 3.10. The maximum Gasteiger partial charge on any atom is 0.228 e. The Morgan fingerprint density at radius 2 is 2.33 bits per heavy atom. The smallest absolute Gasteiger partial charge is 0.228 e. The molecule has 0 unspecified atom stereocenters. The van der Waals surface area contributed by atoms with Crippen molar-refractivity contribution in [3.05, 3.63) is 29.9 Å². The molecule has 5 nitrogen and oxygen atoms in total. The molecule has 0 aromatic carbocycles. The quantitative estimate of drug-likeness (QED) is 0.867. The number of nitrogens with one attached hydrogen (secondary N) is 1. The van der Waals surface area contributed by atoms with Crippen LogP contribution < -0.4 is 5.32 Å². The minimum absolute atomic E-state index is 0.627. The molecule has 5 heteroatoms. The first kappa shape index (κ1) is 11.3. The van der Waals surface area contributed by atoms with Gasteiger partial charge >= 0.3 is 0 Å². The van der Waals surface area contributed by atoms with E-state index in [0.29, 0.717) is 17.8 Å². The highest BCUT2D eigenvalue weighted by Gasteiger charge is 2.20. The van der Waals surface area contributed by atoms with Crippen molar-refractivity contribution in [2.24, 2.45) is 0 Å². The molecule has 0 bridgehead atoms. The number of rotatable bonds is 5. The van der Waals surface area contributed by atoms with Crippen LogP contribution in [0.2, 0.25) is 0 Å². The number of pyridine rings is 1. The summed E-state index contributed by atoms with van der Waals surface area (Å²) >= 11 is 0. The summed E-state index contributed by atoms with van der Waals surface area (Å²) in [6.45, 7) is 2.92. The molecule has 0 spiro atoms. The van der Waals surface area contributed by atoms with E-state index >= 15 is 0 Å². The number of hydrogen-bond acceptors (Lipinski definition) is 5. The van der Waals surface area contributed by atoms with Gasteiger partial charge < -0.3 is 9.84 Å². The fraction of sp³-hybridized carbons (Fsp3) is 0.462. The minimum atomic E-state index is 0.627. The summed E-state index contributed by atoms with van der Waals surface area (Å²) in [4.78, 5) is 8.49. The fourth-order valence-corrected chi connectivity index (χ4v) is 1.83. The molecule has 1 N–H and O–H groups in total. The molecular weight excluding hydrogens is 228 g/mol. The highest BCUT2D eigenvalue weighted by molar-refractivity contribution is 5.57. The molecule has 0 radical (unpaired) electrons. The van der Waals surface area contributed by atoms with Gasteiger partial charge in [-0.05, 0) is 31.4 Å². The molecule has 1 aliphatic rings. The Morgan fingerprint density at radius 1 is 1.44 bits per heavy atom. The average Bonchev–Trinajstić information content (AvgIpc) is 3.08. The van der Waals surface area contributed by atoms with Crippen LogP contribution in [0, 0.1) is 6.92 Å². The summed E-state index contributed by atoms with van der Waals surface area (Å²) in [7, 11) is 0. The van der Waals surface area contributed by atoms with E-state index in [0.717, 1.165) is 24.1 Å². The van der Waals surface area contributed by atoms with Gasteiger partial charge in [0.2, 0.25) is 11.7 Å². The zero-order chi connectivity index (χ0) is 12.4. The first-order chi connectivity index (χ1) is 8.83. The molecule has 2 heterocycles. The molecule has 94 valence electrons. The number of aryl methyl sites for hydroxylation is 1. The molecule has 0 amide bonds. The Balaban J connectivity index is 1.66. The van der Waals surface area contributed by atoms with Crippen molar-refractivity contribution in [3.8, 4) is 11.4 Å². The van der Waals surface area contributed by atoms with Gasteiger partial charge in [0.1, 0.15) is 0 Å². The van der Waals surface area contributed by atoms with Crippen molar-refractivity contribution >= 4 is 0 Å². The van der Waals surface area contributed by atoms with Crippen LogP contribution in [0.5, 0.6) is 0 Å². The molecular formula is C13H16N4O. The van der Waals surface area contributed by atoms with E-state index in [1.165, 1.54) is 12.8 Å². The normalized spacial score (nSPS) is 14.9. The lowest BCUT2D eigenvalue weighted by Gasteiger charge is -1.98. The summed E-state index contributed by atoms with van der Waals surface area (Å²) in [6.07, 6.45) is 6.91. The van der Waals surface area contributed by atoms with Gasteiger partial charge in [-0.25, -0.2) is 0 Å². The van der Waals surface area contributed by atoms with E-state index in [4.69, 9.17) is 4.52 Å². The number of aromatic nitrogens is 3. The molecule has 0 aliphatic heterocycles. The van der Waals surface area contributed by atoms with E-state index in [1.54, 1.807) is 12.4 Å². The Labute approximate surface area is 106 Å². The molecule has 1 aliphatic carbocycles. The summed E-state index contributed by atoms with van der Waals surface area (Å²) < 4.78 is 5.25. The van der Waals surface area contributed by atoms with Crippen LogP contribution in [0.1, 0.15) is 24.3 Å². The van der Waals surface area contributed by atoms with Crippen LogP contribution in [0.3, 0.4) is 0 Å². The first-order valence-electron chi connectivity index (χ1n) is 6.30. The molecule has 1 saturated carbocycles. The summed E-state index contributed by atoms with van der Waals surface area (Å²) in [5.74, 6) is 1.31. The highest BCUT2D eigenvalue weighted by atomic mass is 16.5. The predicted octanol–water partition coefficient (Wildman–Crippen LogP) is 1.73. The monoisotopic (exact) mass is 244 g/mol. The van der Waals surface area contributed by atoms with Crippen LogP contribution in [-0.4, -0.2) is 27.7 Å². The van der Waals surface area contributed by atoms with Crippen LogP contribution >= 0.6 is 0 Å². The largest absolute Gasteiger partial charge is 0.339 e. The molecule has 18 heavy (non-hydrogen) atoms. The standard InChI is InChI=1S/C13H16N4O/c1-9-4-6-14-8-11(9)13-16-12(18-17-13)5-7-15-10-2-3-10/h4,6,8,10,15H,2-3,5,7H2,1H3. The molecule has 2 aromatic rings. The van der Waals surface area contributed by atoms with E-state index in [1.807, 2.05) is 13.0 Å². The van der Waals surface area contributed by atoms with Crippen molar-refractivity contribution in [2.75, 3.05) is 6.54 Å². The average molecular weight is 244 g/mol. The molecule has 1 fully saturated rings. The maximum atomic E-state index is 5.25. The van der Waals surface area contributed by atoms with Crippen molar-refractivity contribution in [2.45, 2.75) is 32.2 Å². The van der Waals surface area contributed by atoms with Crippen molar-refractivity contribution in [1.82, 2.24) is 20.4 Å². The first-order valence-corrected chi connectivity index (χ1v) is 6.30. The SMILES string of the molecule is Cc1ccncc1-c1noc(CCNC2CC2)n1. The van der Waals surface area contributed by atoms with Gasteiger partial charge in [-0.15, -0.1) is 0 Å². The lowest BCUT2D eigenvalue weighted by molar-refractivity contribution is 0.376. The van der Waals surface area contributed by atoms with Gasteiger partial charge in [0.05, 0.1) is 0 Å². The van der Waals surface area contributed by atoms with Crippen LogP contribution in [-0.2, 0) is 6.42 Å². The highest BCUT2D eigenvalue weighted by Crippen LogP contribution is 2.20. The van der Waals surface area contributed by atoms with Gasteiger partial charge in [-0.1, -0.05) is 5.16 Å². The lowest BCUT2D eigenvalue weighted by atomic mass is 10.1. The topological polar surface area (TPSA) is 63.8 Å². The Hall–Kier alpha value is -1.75. The van der Waals surface area contributed by atoms with E-state index < -0.39 is 0 Å². The number of nitrogens with zero attached hydrogens (tertiary/aromatic N) is 3. The van der Waals surface area contributed by atoms with Crippen LogP contribution in [0.15, 0.2) is 23.0 Å². The van der Waals surface area contributed by atoms with Crippen LogP contribution in [0.4, 0.5) is 0 Å². The Morgan fingerprint density at radius 3 is 3.11 bits per heavy atom. The Bertz CT molecular complexity index is 533. The van der Waals surface area contributed by atoms with Crippen molar-refractivity contribution < 1.29 is 4.52 Å². The van der Waals surface area contributed by atoms with E-state index in [9.17, 15) is 0 Å². The second-order valence-electron chi connectivity index (χ2n) is 4.68. The van der Waals surface area contributed by atoms with Crippen LogP contribution in [0.25, 0.3) is 11.4 Å². The summed E-state index contributed by atoms with van der Waals surface area (Å²) in [5, 5.41) is 7.43. The molecule has 0 saturated heterocycles.